The normalized spacial score (nSPS) is 11.6. The maximum Gasteiger partial charge on any atom is 0.387 e. The van der Waals surface area contributed by atoms with Crippen molar-refractivity contribution in [3.05, 3.63) is 65.2 Å². The Morgan fingerprint density at radius 1 is 1.06 bits per heavy atom. The van der Waals surface area contributed by atoms with Gasteiger partial charge in [-0.2, -0.15) is 8.78 Å². The second-order valence-corrected chi connectivity index (χ2v) is 7.54. The van der Waals surface area contributed by atoms with Crippen LogP contribution in [-0.4, -0.2) is 69.6 Å². The van der Waals surface area contributed by atoms with E-state index in [1.165, 1.54) is 12.1 Å². The van der Waals surface area contributed by atoms with Crippen LogP contribution >= 0.6 is 0 Å². The minimum Gasteiger partial charge on any atom is -0.435 e. The minimum absolute atomic E-state index is 0.102. The molecule has 0 bridgehead atoms. The minimum atomic E-state index is -2.84. The van der Waals surface area contributed by atoms with Crippen molar-refractivity contribution >= 4 is 11.9 Å². The van der Waals surface area contributed by atoms with Crippen LogP contribution in [0.3, 0.4) is 0 Å². The number of hydrogen-bond donors (Lipinski definition) is 2. The molecule has 2 N–H and O–H groups in total. The van der Waals surface area contributed by atoms with Gasteiger partial charge in [0.15, 0.2) is 5.96 Å². The van der Waals surface area contributed by atoms with E-state index in [2.05, 4.69) is 20.4 Å². The highest BCUT2D eigenvalue weighted by Crippen LogP contribution is 2.16. The summed E-state index contributed by atoms with van der Waals surface area (Å²) in [6, 6.07) is 13.9. The second-order valence-electron chi connectivity index (χ2n) is 7.54. The number of alkyl halides is 2. The predicted molar refractivity (Wildman–Crippen MR) is 122 cm³/mol. The molecule has 0 spiro atoms. The Bertz CT molecular complexity index is 888. The predicted octanol–water partition coefficient (Wildman–Crippen LogP) is 2.79. The molecule has 9 heteroatoms. The SMILES string of the molecule is CN=C(NCc1cccc(C(=O)NCCN(C)C)c1)N(C)Cc1ccc(OC(F)F)cc1. The topological polar surface area (TPSA) is 69.2 Å². The van der Waals surface area contributed by atoms with Crippen molar-refractivity contribution < 1.29 is 18.3 Å². The van der Waals surface area contributed by atoms with Gasteiger partial charge in [0.2, 0.25) is 0 Å². The zero-order valence-corrected chi connectivity index (χ0v) is 18.9. The number of guanidine groups is 1. The van der Waals surface area contributed by atoms with Crippen molar-refractivity contribution in [2.75, 3.05) is 41.3 Å². The van der Waals surface area contributed by atoms with Crippen LogP contribution in [0.1, 0.15) is 21.5 Å². The Labute approximate surface area is 188 Å². The van der Waals surface area contributed by atoms with E-state index in [1.54, 1.807) is 25.2 Å². The largest absolute Gasteiger partial charge is 0.435 e. The van der Waals surface area contributed by atoms with Gasteiger partial charge in [-0.25, -0.2) is 0 Å². The van der Waals surface area contributed by atoms with Crippen LogP contribution < -0.4 is 15.4 Å². The summed E-state index contributed by atoms with van der Waals surface area (Å²) in [5.41, 5.74) is 2.49. The number of benzene rings is 2. The molecule has 0 aromatic heterocycles. The summed E-state index contributed by atoms with van der Waals surface area (Å²) in [7, 11) is 7.49. The van der Waals surface area contributed by atoms with Gasteiger partial charge in [-0.1, -0.05) is 24.3 Å². The first-order valence-corrected chi connectivity index (χ1v) is 10.3. The summed E-state index contributed by atoms with van der Waals surface area (Å²) in [4.78, 5) is 20.6. The first-order valence-electron chi connectivity index (χ1n) is 10.3. The molecule has 0 aliphatic carbocycles. The van der Waals surface area contributed by atoms with Gasteiger partial charge in [0, 0.05) is 45.8 Å². The second kappa shape index (κ2) is 12.6. The number of aliphatic imine (C=N–C) groups is 1. The fourth-order valence-electron chi connectivity index (χ4n) is 3.01. The quantitative estimate of drug-likeness (QED) is 0.433. The average molecular weight is 448 g/mol. The van der Waals surface area contributed by atoms with E-state index in [9.17, 15) is 13.6 Å². The van der Waals surface area contributed by atoms with Gasteiger partial charge in [0.25, 0.3) is 5.91 Å². The lowest BCUT2D eigenvalue weighted by molar-refractivity contribution is -0.0498. The van der Waals surface area contributed by atoms with E-state index in [0.29, 0.717) is 31.2 Å². The molecular weight excluding hydrogens is 416 g/mol. The first-order chi connectivity index (χ1) is 15.3. The number of halogens is 2. The van der Waals surface area contributed by atoms with Gasteiger partial charge in [-0.3, -0.25) is 9.79 Å². The summed E-state index contributed by atoms with van der Waals surface area (Å²) in [6.45, 7) is -0.451. The summed E-state index contributed by atoms with van der Waals surface area (Å²) < 4.78 is 28.9. The Kier molecular flexibility index (Phi) is 9.87. The van der Waals surface area contributed by atoms with Crippen molar-refractivity contribution in [3.8, 4) is 5.75 Å². The third-order valence-electron chi connectivity index (χ3n) is 4.63. The first kappa shape index (κ1) is 25.1. The number of rotatable bonds is 10. The zero-order valence-electron chi connectivity index (χ0n) is 18.9. The molecule has 0 heterocycles. The van der Waals surface area contributed by atoms with Crippen LogP contribution in [0.5, 0.6) is 5.75 Å². The molecule has 0 atom stereocenters. The number of hydrogen-bond acceptors (Lipinski definition) is 4. The molecule has 32 heavy (non-hydrogen) atoms. The number of amides is 1. The van der Waals surface area contributed by atoms with E-state index in [1.807, 2.05) is 49.1 Å². The molecule has 0 unspecified atom stereocenters. The van der Waals surface area contributed by atoms with Crippen molar-refractivity contribution in [3.63, 3.8) is 0 Å². The zero-order chi connectivity index (χ0) is 23.5. The summed E-state index contributed by atoms with van der Waals surface area (Å²) >= 11 is 0. The Hall–Kier alpha value is -3.20. The third kappa shape index (κ3) is 8.50. The number of likely N-dealkylation sites (N-methyl/N-ethyl adjacent to an activating group) is 1. The maximum atomic E-state index is 12.3. The molecule has 7 nitrogen and oxygen atoms in total. The number of carbonyl (C=O) groups is 1. The van der Waals surface area contributed by atoms with Crippen LogP contribution in [0.2, 0.25) is 0 Å². The molecular formula is C23H31F2N5O2. The van der Waals surface area contributed by atoms with E-state index in [-0.39, 0.29) is 11.7 Å². The molecule has 0 saturated heterocycles. The van der Waals surface area contributed by atoms with Crippen molar-refractivity contribution in [2.24, 2.45) is 4.99 Å². The highest BCUT2D eigenvalue weighted by molar-refractivity contribution is 5.94. The molecule has 2 rings (SSSR count). The van der Waals surface area contributed by atoms with Crippen molar-refractivity contribution in [1.82, 2.24) is 20.4 Å². The summed E-state index contributed by atoms with van der Waals surface area (Å²) in [5.74, 6) is 0.688. The molecule has 0 radical (unpaired) electrons. The molecule has 2 aromatic rings. The van der Waals surface area contributed by atoms with Gasteiger partial charge in [-0.15, -0.1) is 0 Å². The molecule has 1 amide bonds. The van der Waals surface area contributed by atoms with Crippen molar-refractivity contribution in [1.29, 1.82) is 0 Å². The lowest BCUT2D eigenvalue weighted by Gasteiger charge is -2.22. The standard InChI is InChI=1S/C23H31F2N5O2/c1-26-23(30(4)16-17-8-10-20(11-9-17)32-22(24)25)28-15-18-6-5-7-19(14-18)21(31)27-12-13-29(2)3/h5-11,14,22H,12-13,15-16H2,1-4H3,(H,26,28)(H,27,31). The van der Waals surface area contributed by atoms with Crippen molar-refractivity contribution in [2.45, 2.75) is 19.7 Å². The fourth-order valence-corrected chi connectivity index (χ4v) is 3.01. The molecule has 2 aromatic carbocycles. The molecule has 0 fully saturated rings. The fraction of sp³-hybridized carbons (Fsp3) is 0.391. The number of nitrogens with zero attached hydrogens (tertiary/aromatic N) is 3. The van der Waals surface area contributed by atoms with Crippen LogP contribution in [0.15, 0.2) is 53.5 Å². The van der Waals surface area contributed by atoms with Gasteiger partial charge in [0.1, 0.15) is 5.75 Å². The van der Waals surface area contributed by atoms with E-state index in [0.717, 1.165) is 17.7 Å². The molecule has 0 aliphatic rings. The summed E-state index contributed by atoms with van der Waals surface area (Å²) in [5, 5.41) is 6.19. The lowest BCUT2D eigenvalue weighted by atomic mass is 10.1. The van der Waals surface area contributed by atoms with Crippen LogP contribution in [0.4, 0.5) is 8.78 Å². The highest BCUT2D eigenvalue weighted by Gasteiger charge is 2.10. The van der Waals surface area contributed by atoms with Gasteiger partial charge in [-0.05, 0) is 49.5 Å². The smallest absolute Gasteiger partial charge is 0.387 e. The van der Waals surface area contributed by atoms with E-state index in [4.69, 9.17) is 0 Å². The van der Waals surface area contributed by atoms with Crippen LogP contribution in [0.25, 0.3) is 0 Å². The maximum absolute atomic E-state index is 12.3. The van der Waals surface area contributed by atoms with E-state index < -0.39 is 6.61 Å². The molecule has 174 valence electrons. The number of carbonyl (C=O) groups excluding carboxylic acids is 1. The Balaban J connectivity index is 1.90. The van der Waals surface area contributed by atoms with Gasteiger partial charge < -0.3 is 25.2 Å². The van der Waals surface area contributed by atoms with E-state index >= 15 is 0 Å². The van der Waals surface area contributed by atoms with Gasteiger partial charge in [0.05, 0.1) is 0 Å². The Morgan fingerprint density at radius 3 is 2.41 bits per heavy atom. The van der Waals surface area contributed by atoms with Crippen LogP contribution in [-0.2, 0) is 13.1 Å². The number of nitrogens with one attached hydrogen (secondary N) is 2. The monoisotopic (exact) mass is 447 g/mol. The molecule has 0 aliphatic heterocycles. The summed E-state index contributed by atoms with van der Waals surface area (Å²) in [6.07, 6.45) is 0. The number of ether oxygens (including phenoxy) is 1. The third-order valence-corrected chi connectivity index (χ3v) is 4.63. The Morgan fingerprint density at radius 2 is 1.78 bits per heavy atom. The van der Waals surface area contributed by atoms with Gasteiger partial charge >= 0.3 is 6.61 Å². The van der Waals surface area contributed by atoms with Crippen LogP contribution in [0, 0.1) is 0 Å². The molecule has 0 saturated carbocycles. The average Bonchev–Trinajstić information content (AvgIpc) is 2.75. The highest BCUT2D eigenvalue weighted by atomic mass is 19.3. The lowest BCUT2D eigenvalue weighted by Crippen LogP contribution is -2.38.